The van der Waals surface area contributed by atoms with Crippen molar-refractivity contribution in [1.29, 1.82) is 0 Å². The number of ether oxygens (including phenoxy) is 1. The fourth-order valence-corrected chi connectivity index (χ4v) is 2.10. The minimum atomic E-state index is -0.0566. The number of imidazole rings is 1. The lowest BCUT2D eigenvalue weighted by Gasteiger charge is -2.11. The van der Waals surface area contributed by atoms with Gasteiger partial charge < -0.3 is 9.30 Å². The molecular formula is C15H19ClN2O. The summed E-state index contributed by atoms with van der Waals surface area (Å²) in [4.78, 5) is 4.01. The second-order valence-electron chi connectivity index (χ2n) is 4.50. The second kappa shape index (κ2) is 7.19. The predicted molar refractivity (Wildman–Crippen MR) is 77.7 cm³/mol. The van der Waals surface area contributed by atoms with Gasteiger partial charge in [-0.05, 0) is 24.1 Å². The van der Waals surface area contributed by atoms with Crippen molar-refractivity contribution in [3.8, 4) is 5.75 Å². The first kappa shape index (κ1) is 13.9. The van der Waals surface area contributed by atoms with Gasteiger partial charge in [-0.15, -0.1) is 11.6 Å². The van der Waals surface area contributed by atoms with Crippen LogP contribution in [-0.4, -0.2) is 16.2 Å². The van der Waals surface area contributed by atoms with Crippen LogP contribution in [0.4, 0.5) is 0 Å². The van der Waals surface area contributed by atoms with E-state index in [0.29, 0.717) is 0 Å². The van der Waals surface area contributed by atoms with Crippen LogP contribution in [0.25, 0.3) is 0 Å². The number of aromatic nitrogens is 2. The summed E-state index contributed by atoms with van der Waals surface area (Å²) in [6, 6.07) is 8.01. The molecule has 0 aliphatic heterocycles. The van der Waals surface area contributed by atoms with Crippen molar-refractivity contribution in [3.63, 3.8) is 0 Å². The number of hydrogen-bond acceptors (Lipinski definition) is 2. The van der Waals surface area contributed by atoms with Gasteiger partial charge in [-0.2, -0.15) is 0 Å². The van der Waals surface area contributed by atoms with E-state index in [4.69, 9.17) is 16.3 Å². The minimum Gasteiger partial charge on any atom is -0.494 e. The van der Waals surface area contributed by atoms with Crippen LogP contribution in [0.3, 0.4) is 0 Å². The van der Waals surface area contributed by atoms with Crippen LogP contribution in [0, 0.1) is 0 Å². The fraction of sp³-hybridized carbons (Fsp3) is 0.400. The maximum atomic E-state index is 6.39. The molecule has 1 unspecified atom stereocenters. The summed E-state index contributed by atoms with van der Waals surface area (Å²) < 4.78 is 7.60. The Morgan fingerprint density at radius 3 is 2.74 bits per heavy atom. The third-order valence-corrected chi connectivity index (χ3v) is 3.33. The Morgan fingerprint density at radius 1 is 1.32 bits per heavy atom. The van der Waals surface area contributed by atoms with Crippen LogP contribution in [0.2, 0.25) is 0 Å². The fourth-order valence-electron chi connectivity index (χ4n) is 1.79. The minimum absolute atomic E-state index is 0.0566. The number of benzene rings is 1. The van der Waals surface area contributed by atoms with Gasteiger partial charge in [0.05, 0.1) is 18.3 Å². The van der Waals surface area contributed by atoms with Crippen LogP contribution in [0.15, 0.2) is 43.0 Å². The summed E-state index contributed by atoms with van der Waals surface area (Å²) in [5.74, 6) is 0.906. The smallest absolute Gasteiger partial charge is 0.119 e. The Hall–Kier alpha value is -1.48. The number of rotatable bonds is 7. The highest BCUT2D eigenvalue weighted by molar-refractivity contribution is 6.20. The molecule has 19 heavy (non-hydrogen) atoms. The number of hydrogen-bond donors (Lipinski definition) is 0. The maximum absolute atomic E-state index is 6.39. The normalized spacial score (nSPS) is 12.3. The van der Waals surface area contributed by atoms with Crippen LogP contribution in [0.5, 0.6) is 5.75 Å². The zero-order valence-corrected chi connectivity index (χ0v) is 11.9. The Labute approximate surface area is 119 Å². The number of alkyl halides is 1. The zero-order valence-electron chi connectivity index (χ0n) is 11.1. The van der Waals surface area contributed by atoms with Crippen LogP contribution in [-0.2, 0) is 6.54 Å². The van der Waals surface area contributed by atoms with Crippen molar-refractivity contribution in [2.45, 2.75) is 31.7 Å². The molecule has 1 aromatic heterocycles. The van der Waals surface area contributed by atoms with Crippen LogP contribution >= 0.6 is 11.6 Å². The van der Waals surface area contributed by atoms with E-state index in [0.717, 1.165) is 37.3 Å². The molecule has 0 amide bonds. The SMILES string of the molecule is CCCCOc1ccc(C(Cl)Cn2ccnc2)cc1. The lowest BCUT2D eigenvalue weighted by atomic mass is 10.1. The summed E-state index contributed by atoms with van der Waals surface area (Å²) in [5, 5.41) is -0.0566. The van der Waals surface area contributed by atoms with Gasteiger partial charge in [0.2, 0.25) is 0 Å². The molecule has 0 saturated carbocycles. The van der Waals surface area contributed by atoms with Gasteiger partial charge in [0.25, 0.3) is 0 Å². The van der Waals surface area contributed by atoms with E-state index < -0.39 is 0 Å². The van der Waals surface area contributed by atoms with Crippen molar-refractivity contribution in [3.05, 3.63) is 48.5 Å². The molecule has 102 valence electrons. The molecule has 4 heteroatoms. The molecule has 3 nitrogen and oxygen atoms in total. The first-order valence-corrected chi connectivity index (χ1v) is 7.06. The average Bonchev–Trinajstić information content (AvgIpc) is 2.93. The van der Waals surface area contributed by atoms with Crippen LogP contribution in [0.1, 0.15) is 30.7 Å². The molecule has 1 aromatic carbocycles. The van der Waals surface area contributed by atoms with Gasteiger partial charge >= 0.3 is 0 Å². The van der Waals surface area contributed by atoms with E-state index in [1.165, 1.54) is 0 Å². The lowest BCUT2D eigenvalue weighted by molar-refractivity contribution is 0.309. The molecule has 2 aromatic rings. The highest BCUT2D eigenvalue weighted by atomic mass is 35.5. The molecule has 0 aliphatic carbocycles. The monoisotopic (exact) mass is 278 g/mol. The topological polar surface area (TPSA) is 27.1 Å². The molecular weight excluding hydrogens is 260 g/mol. The largest absolute Gasteiger partial charge is 0.494 e. The van der Waals surface area contributed by atoms with E-state index in [2.05, 4.69) is 11.9 Å². The Balaban J connectivity index is 1.90. The first-order valence-electron chi connectivity index (χ1n) is 6.62. The average molecular weight is 279 g/mol. The van der Waals surface area contributed by atoms with Crippen LogP contribution < -0.4 is 4.74 Å². The molecule has 0 spiro atoms. The first-order chi connectivity index (χ1) is 9.29. The second-order valence-corrected chi connectivity index (χ2v) is 5.02. The summed E-state index contributed by atoms with van der Waals surface area (Å²) in [6.45, 7) is 3.65. The molecule has 0 saturated heterocycles. The van der Waals surface area contributed by atoms with E-state index in [-0.39, 0.29) is 5.38 Å². The molecule has 0 fully saturated rings. The molecule has 1 heterocycles. The predicted octanol–water partition coefficient (Wildman–Crippen LogP) is 4.04. The van der Waals surface area contributed by atoms with E-state index >= 15 is 0 Å². The standard InChI is InChI=1S/C15H19ClN2O/c1-2-3-10-19-14-6-4-13(5-7-14)15(16)11-18-9-8-17-12-18/h4-9,12,15H,2-3,10-11H2,1H3. The zero-order chi connectivity index (χ0) is 13.5. The van der Waals surface area contributed by atoms with Gasteiger partial charge in [0.15, 0.2) is 0 Å². The van der Waals surface area contributed by atoms with Crippen molar-refractivity contribution >= 4 is 11.6 Å². The van der Waals surface area contributed by atoms with E-state index in [1.807, 2.05) is 35.0 Å². The third kappa shape index (κ3) is 4.28. The highest BCUT2D eigenvalue weighted by Gasteiger charge is 2.08. The Bertz CT molecular complexity index is 467. The molecule has 1 atom stereocenters. The number of nitrogens with zero attached hydrogens (tertiary/aromatic N) is 2. The number of unbranched alkanes of at least 4 members (excludes halogenated alkanes) is 1. The van der Waals surface area contributed by atoms with Crippen molar-refractivity contribution in [2.75, 3.05) is 6.61 Å². The lowest BCUT2D eigenvalue weighted by Crippen LogP contribution is -2.02. The Kier molecular flexibility index (Phi) is 5.28. The quantitative estimate of drug-likeness (QED) is 0.564. The molecule has 0 radical (unpaired) electrons. The third-order valence-electron chi connectivity index (χ3n) is 2.94. The molecule has 0 bridgehead atoms. The van der Waals surface area contributed by atoms with Gasteiger partial charge in [0.1, 0.15) is 5.75 Å². The summed E-state index contributed by atoms with van der Waals surface area (Å²) in [5.41, 5.74) is 1.10. The number of halogens is 1. The molecule has 0 N–H and O–H groups in total. The van der Waals surface area contributed by atoms with Crippen molar-refractivity contribution in [1.82, 2.24) is 9.55 Å². The summed E-state index contributed by atoms with van der Waals surface area (Å²) >= 11 is 6.39. The molecule has 2 rings (SSSR count). The highest BCUT2D eigenvalue weighted by Crippen LogP contribution is 2.24. The Morgan fingerprint density at radius 2 is 2.11 bits per heavy atom. The van der Waals surface area contributed by atoms with E-state index in [1.54, 1.807) is 12.5 Å². The maximum Gasteiger partial charge on any atom is 0.119 e. The summed E-state index contributed by atoms with van der Waals surface area (Å²) in [6.07, 6.45) is 7.68. The summed E-state index contributed by atoms with van der Waals surface area (Å²) in [7, 11) is 0. The van der Waals surface area contributed by atoms with Gasteiger partial charge in [-0.1, -0.05) is 25.5 Å². The van der Waals surface area contributed by atoms with Gasteiger partial charge in [-0.25, -0.2) is 4.98 Å². The van der Waals surface area contributed by atoms with Gasteiger partial charge in [-0.3, -0.25) is 0 Å². The van der Waals surface area contributed by atoms with Crippen molar-refractivity contribution in [2.24, 2.45) is 0 Å². The van der Waals surface area contributed by atoms with E-state index in [9.17, 15) is 0 Å². The molecule has 0 aliphatic rings. The van der Waals surface area contributed by atoms with Crippen molar-refractivity contribution < 1.29 is 4.74 Å². The van der Waals surface area contributed by atoms with Gasteiger partial charge in [0, 0.05) is 18.9 Å².